The molecule has 132 valence electrons. The number of anilines is 1. The Morgan fingerprint density at radius 3 is 2.80 bits per heavy atom. The van der Waals surface area contributed by atoms with E-state index in [4.69, 9.17) is 9.47 Å². The number of hydrogen-bond donors (Lipinski definition) is 1. The topological polar surface area (TPSA) is 82.5 Å². The quantitative estimate of drug-likeness (QED) is 0.666. The van der Waals surface area contributed by atoms with E-state index < -0.39 is 5.97 Å². The lowest BCUT2D eigenvalue weighted by molar-refractivity contribution is -0.131. The van der Waals surface area contributed by atoms with Crippen molar-refractivity contribution in [2.24, 2.45) is 0 Å². The minimum atomic E-state index is -0.397. The maximum atomic E-state index is 12.3. The summed E-state index contributed by atoms with van der Waals surface area (Å²) in [5.41, 5.74) is 1.10. The molecule has 0 radical (unpaired) electrons. The van der Waals surface area contributed by atoms with Gasteiger partial charge in [0, 0.05) is 25.3 Å². The highest BCUT2D eigenvalue weighted by atomic mass is 16.5. The molecule has 0 aliphatic carbocycles. The van der Waals surface area contributed by atoms with E-state index in [1.165, 1.54) is 13.3 Å². The Balaban J connectivity index is 1.56. The van der Waals surface area contributed by atoms with E-state index in [2.05, 4.69) is 10.4 Å². The highest BCUT2D eigenvalue weighted by molar-refractivity contribution is 6.04. The van der Waals surface area contributed by atoms with Crippen molar-refractivity contribution >= 4 is 17.6 Å². The molecule has 0 spiro atoms. The zero-order valence-electron chi connectivity index (χ0n) is 14.1. The summed E-state index contributed by atoms with van der Waals surface area (Å²) in [4.78, 5) is 23.2. The van der Waals surface area contributed by atoms with Crippen molar-refractivity contribution < 1.29 is 19.1 Å². The van der Waals surface area contributed by atoms with Gasteiger partial charge in [0.05, 0.1) is 24.5 Å². The second-order valence-electron chi connectivity index (χ2n) is 6.01. The van der Waals surface area contributed by atoms with E-state index in [0.29, 0.717) is 23.5 Å². The van der Waals surface area contributed by atoms with E-state index in [0.717, 1.165) is 19.4 Å². The molecule has 1 N–H and O–H groups in total. The number of carbonyl (C=O) groups excluding carboxylic acids is 2. The van der Waals surface area contributed by atoms with Crippen molar-refractivity contribution in [2.45, 2.75) is 38.8 Å². The Morgan fingerprint density at radius 2 is 2.12 bits per heavy atom. The molecule has 0 saturated carbocycles. The molecule has 1 amide bonds. The molecule has 25 heavy (non-hydrogen) atoms. The van der Waals surface area contributed by atoms with Crippen LogP contribution >= 0.6 is 0 Å². The van der Waals surface area contributed by atoms with Crippen molar-refractivity contribution in [1.82, 2.24) is 9.78 Å². The van der Waals surface area contributed by atoms with Crippen LogP contribution in [0.1, 0.15) is 36.5 Å². The molecule has 1 aliphatic heterocycles. The van der Waals surface area contributed by atoms with Crippen molar-refractivity contribution in [3.05, 3.63) is 42.2 Å². The Morgan fingerprint density at radius 1 is 1.32 bits per heavy atom. The third-order valence-electron chi connectivity index (χ3n) is 3.93. The molecule has 1 saturated heterocycles. The number of esters is 1. The number of nitrogens with one attached hydrogen (secondary N) is 1. The minimum Gasteiger partial charge on any atom is -0.427 e. The third kappa shape index (κ3) is 4.90. The summed E-state index contributed by atoms with van der Waals surface area (Å²) >= 11 is 0. The molecule has 1 aliphatic rings. The van der Waals surface area contributed by atoms with Crippen molar-refractivity contribution in [3.8, 4) is 5.75 Å². The van der Waals surface area contributed by atoms with Crippen LogP contribution in [0.15, 0.2) is 36.7 Å². The SMILES string of the molecule is CC(=O)Oc1ccc(C(=O)Nc2cnn(CC3CCCCO3)c2)cc1. The van der Waals surface area contributed by atoms with E-state index in [1.807, 2.05) is 0 Å². The van der Waals surface area contributed by atoms with Crippen LogP contribution in [0.5, 0.6) is 5.75 Å². The number of carbonyl (C=O) groups is 2. The summed E-state index contributed by atoms with van der Waals surface area (Å²) in [5, 5.41) is 7.07. The monoisotopic (exact) mass is 343 g/mol. The fraction of sp³-hybridized carbons (Fsp3) is 0.389. The number of benzene rings is 1. The van der Waals surface area contributed by atoms with Crippen LogP contribution in [0, 0.1) is 0 Å². The highest BCUT2D eigenvalue weighted by Gasteiger charge is 2.15. The van der Waals surface area contributed by atoms with Crippen molar-refractivity contribution in [3.63, 3.8) is 0 Å². The van der Waals surface area contributed by atoms with Gasteiger partial charge in [-0.15, -0.1) is 0 Å². The van der Waals surface area contributed by atoms with Crippen molar-refractivity contribution in [2.75, 3.05) is 11.9 Å². The number of hydrogen-bond acceptors (Lipinski definition) is 5. The first-order valence-corrected chi connectivity index (χ1v) is 8.34. The third-order valence-corrected chi connectivity index (χ3v) is 3.93. The van der Waals surface area contributed by atoms with Gasteiger partial charge in [-0.05, 0) is 43.5 Å². The van der Waals surface area contributed by atoms with Gasteiger partial charge in [0.25, 0.3) is 5.91 Å². The standard InChI is InChI=1S/C18H21N3O4/c1-13(22)25-16-7-5-14(6-8-16)18(23)20-15-10-19-21(11-15)12-17-4-2-3-9-24-17/h5-8,10-11,17H,2-4,9,12H2,1H3,(H,20,23). The predicted octanol–water partition coefficient (Wildman–Crippen LogP) is 2.63. The van der Waals surface area contributed by atoms with E-state index in [1.54, 1.807) is 41.3 Å². The lowest BCUT2D eigenvalue weighted by Crippen LogP contribution is -2.24. The van der Waals surface area contributed by atoms with E-state index in [9.17, 15) is 9.59 Å². The minimum absolute atomic E-state index is 0.186. The summed E-state index contributed by atoms with van der Waals surface area (Å²) in [6.07, 6.45) is 6.94. The molecule has 2 aromatic rings. The van der Waals surface area contributed by atoms with Gasteiger partial charge >= 0.3 is 5.97 Å². The summed E-state index contributed by atoms with van der Waals surface area (Å²) in [6.45, 7) is 2.82. The van der Waals surface area contributed by atoms with Crippen LogP contribution in [-0.2, 0) is 16.1 Å². The van der Waals surface area contributed by atoms with E-state index >= 15 is 0 Å². The first-order valence-electron chi connectivity index (χ1n) is 8.34. The molecular formula is C18H21N3O4. The van der Waals surface area contributed by atoms with Crippen molar-refractivity contribution in [1.29, 1.82) is 0 Å². The average Bonchev–Trinajstić information content (AvgIpc) is 3.02. The molecular weight excluding hydrogens is 322 g/mol. The molecule has 1 aromatic heterocycles. The molecule has 0 bridgehead atoms. The summed E-state index contributed by atoms with van der Waals surface area (Å²) in [6, 6.07) is 6.38. The predicted molar refractivity (Wildman–Crippen MR) is 91.5 cm³/mol. The maximum absolute atomic E-state index is 12.3. The first-order chi connectivity index (χ1) is 12.1. The van der Waals surface area contributed by atoms with Gasteiger partial charge in [-0.1, -0.05) is 0 Å². The fourth-order valence-corrected chi connectivity index (χ4v) is 2.73. The fourth-order valence-electron chi connectivity index (χ4n) is 2.73. The molecule has 1 unspecified atom stereocenters. The molecule has 1 atom stereocenters. The molecule has 2 heterocycles. The number of amides is 1. The van der Waals surface area contributed by atoms with Gasteiger partial charge in [-0.2, -0.15) is 5.10 Å². The smallest absolute Gasteiger partial charge is 0.308 e. The number of nitrogens with zero attached hydrogens (tertiary/aromatic N) is 2. The zero-order chi connectivity index (χ0) is 17.6. The second-order valence-corrected chi connectivity index (χ2v) is 6.01. The number of aromatic nitrogens is 2. The largest absolute Gasteiger partial charge is 0.427 e. The van der Waals surface area contributed by atoms with Gasteiger partial charge < -0.3 is 14.8 Å². The van der Waals surface area contributed by atoms with Crippen LogP contribution in [0.25, 0.3) is 0 Å². The molecule has 7 heteroatoms. The van der Waals surface area contributed by atoms with Gasteiger partial charge in [0.15, 0.2) is 0 Å². The van der Waals surface area contributed by atoms with Crippen LogP contribution < -0.4 is 10.1 Å². The maximum Gasteiger partial charge on any atom is 0.308 e. The Labute approximate surface area is 145 Å². The normalized spacial score (nSPS) is 17.1. The van der Waals surface area contributed by atoms with Gasteiger partial charge in [-0.25, -0.2) is 0 Å². The Bertz CT molecular complexity index is 733. The molecule has 1 fully saturated rings. The van der Waals surface area contributed by atoms with Gasteiger partial charge in [-0.3, -0.25) is 14.3 Å². The second kappa shape index (κ2) is 7.94. The Kier molecular flexibility index (Phi) is 5.45. The van der Waals surface area contributed by atoms with Crippen LogP contribution in [0.3, 0.4) is 0 Å². The Hall–Kier alpha value is -2.67. The number of ether oxygens (including phenoxy) is 2. The zero-order valence-corrected chi connectivity index (χ0v) is 14.1. The van der Waals surface area contributed by atoms with Crippen LogP contribution in [0.4, 0.5) is 5.69 Å². The molecule has 1 aromatic carbocycles. The summed E-state index contributed by atoms with van der Waals surface area (Å²) < 4.78 is 12.4. The average molecular weight is 343 g/mol. The van der Waals surface area contributed by atoms with Gasteiger partial charge in [0.1, 0.15) is 5.75 Å². The molecule has 3 rings (SSSR count). The lowest BCUT2D eigenvalue weighted by Gasteiger charge is -2.22. The lowest BCUT2D eigenvalue weighted by atomic mass is 10.1. The highest BCUT2D eigenvalue weighted by Crippen LogP contribution is 2.16. The van der Waals surface area contributed by atoms with Crippen LogP contribution in [-0.4, -0.2) is 34.4 Å². The van der Waals surface area contributed by atoms with E-state index in [-0.39, 0.29) is 12.0 Å². The summed E-state index contributed by atoms with van der Waals surface area (Å²) in [7, 11) is 0. The van der Waals surface area contributed by atoms with Gasteiger partial charge in [0.2, 0.25) is 0 Å². The first kappa shape index (κ1) is 17.2. The molecule has 7 nitrogen and oxygen atoms in total. The summed E-state index contributed by atoms with van der Waals surface area (Å²) in [5.74, 6) is -0.237. The number of rotatable bonds is 5. The van der Waals surface area contributed by atoms with Crippen LogP contribution in [0.2, 0.25) is 0 Å².